The lowest BCUT2D eigenvalue weighted by atomic mass is 9.91. The van der Waals surface area contributed by atoms with Gasteiger partial charge in [-0.1, -0.05) is 11.3 Å². The van der Waals surface area contributed by atoms with E-state index in [9.17, 15) is 20.0 Å². The van der Waals surface area contributed by atoms with E-state index in [0.29, 0.717) is 26.1 Å². The molecule has 0 bridgehead atoms. The number of carbonyl (C=O) groups excluding carboxylic acids is 1. The summed E-state index contributed by atoms with van der Waals surface area (Å²) in [5.41, 5.74) is -0.686. The third-order valence-corrected chi connectivity index (χ3v) is 4.16. The molecule has 8 heteroatoms. The predicted molar refractivity (Wildman–Crippen MR) is 68.3 cm³/mol. The van der Waals surface area contributed by atoms with Gasteiger partial charge in [-0.2, -0.15) is 0 Å². The Hall–Kier alpha value is -1.51. The lowest BCUT2D eigenvalue weighted by molar-refractivity contribution is -0.380. The smallest absolute Gasteiger partial charge is 0.324 e. The van der Waals surface area contributed by atoms with E-state index in [1.165, 1.54) is 12.1 Å². The zero-order chi connectivity index (χ0) is 13.9. The zero-order valence-electron chi connectivity index (χ0n) is 10.1. The number of nitro groups is 1. The van der Waals surface area contributed by atoms with Crippen LogP contribution >= 0.6 is 11.3 Å². The molecule has 2 N–H and O–H groups in total. The highest BCUT2D eigenvalue weighted by atomic mass is 32.1. The van der Waals surface area contributed by atoms with Crippen molar-refractivity contribution in [3.8, 4) is 0 Å². The fourth-order valence-electron chi connectivity index (χ4n) is 1.94. The number of aliphatic hydroxyl groups is 1. The second kappa shape index (κ2) is 5.64. The molecule has 0 spiro atoms. The summed E-state index contributed by atoms with van der Waals surface area (Å²) < 4.78 is 5.20. The maximum Gasteiger partial charge on any atom is 0.324 e. The summed E-state index contributed by atoms with van der Waals surface area (Å²) in [7, 11) is 0. The van der Waals surface area contributed by atoms with Gasteiger partial charge in [0.05, 0.1) is 21.9 Å². The highest BCUT2D eigenvalue weighted by Gasteiger charge is 2.34. The number of hydrogen-bond acceptors (Lipinski definition) is 6. The first-order chi connectivity index (χ1) is 9.06. The number of aliphatic hydroxyl groups excluding tert-OH is 1. The molecule has 1 fully saturated rings. The normalized spacial score (nSPS) is 17.9. The minimum atomic E-state index is -0.686. The molecule has 7 nitrogen and oxygen atoms in total. The van der Waals surface area contributed by atoms with Gasteiger partial charge in [0, 0.05) is 19.3 Å². The van der Waals surface area contributed by atoms with E-state index in [-0.39, 0.29) is 16.5 Å². The van der Waals surface area contributed by atoms with Crippen molar-refractivity contribution in [1.29, 1.82) is 0 Å². The van der Waals surface area contributed by atoms with Crippen LogP contribution < -0.4 is 5.32 Å². The molecule has 1 aromatic rings. The molecule has 104 valence electrons. The van der Waals surface area contributed by atoms with Crippen LogP contribution in [0.3, 0.4) is 0 Å². The molecule has 1 aliphatic heterocycles. The third kappa shape index (κ3) is 3.09. The van der Waals surface area contributed by atoms with Gasteiger partial charge in [-0.3, -0.25) is 14.9 Å². The molecular formula is C11H14N2O5S. The summed E-state index contributed by atoms with van der Waals surface area (Å²) in [5.74, 6) is -0.394. The molecule has 0 radical (unpaired) electrons. The Morgan fingerprint density at radius 3 is 2.74 bits per heavy atom. The first kappa shape index (κ1) is 13.9. The van der Waals surface area contributed by atoms with Crippen LogP contribution in [0.4, 0.5) is 5.00 Å². The fourth-order valence-corrected chi connectivity index (χ4v) is 2.65. The van der Waals surface area contributed by atoms with Gasteiger partial charge in [-0.15, -0.1) is 0 Å². The van der Waals surface area contributed by atoms with Crippen LogP contribution in [0, 0.1) is 10.1 Å². The molecule has 1 aromatic heterocycles. The summed E-state index contributed by atoms with van der Waals surface area (Å²) in [6.07, 6.45) is 1.06. The van der Waals surface area contributed by atoms with Crippen molar-refractivity contribution in [1.82, 2.24) is 5.32 Å². The summed E-state index contributed by atoms with van der Waals surface area (Å²) in [4.78, 5) is 22.4. The van der Waals surface area contributed by atoms with Crippen LogP contribution in [-0.4, -0.2) is 41.3 Å². The highest BCUT2D eigenvalue weighted by Crippen LogP contribution is 2.26. The largest absolute Gasteiger partial charge is 0.394 e. The van der Waals surface area contributed by atoms with Gasteiger partial charge in [0.25, 0.3) is 5.91 Å². The number of amides is 1. The molecule has 19 heavy (non-hydrogen) atoms. The second-order valence-electron chi connectivity index (χ2n) is 4.40. The Kier molecular flexibility index (Phi) is 4.13. The van der Waals surface area contributed by atoms with Crippen LogP contribution in [0.15, 0.2) is 12.1 Å². The summed E-state index contributed by atoms with van der Waals surface area (Å²) >= 11 is 0.823. The number of rotatable bonds is 4. The second-order valence-corrected chi connectivity index (χ2v) is 5.46. The summed E-state index contributed by atoms with van der Waals surface area (Å²) in [5, 5.41) is 22.7. The lowest BCUT2D eigenvalue weighted by Crippen LogP contribution is -2.54. The number of thiophene rings is 1. The Balaban J connectivity index is 2.08. The molecule has 0 unspecified atom stereocenters. The molecular weight excluding hydrogens is 272 g/mol. The van der Waals surface area contributed by atoms with Crippen LogP contribution in [0.25, 0.3) is 0 Å². The van der Waals surface area contributed by atoms with Gasteiger partial charge in [-0.25, -0.2) is 0 Å². The van der Waals surface area contributed by atoms with E-state index in [1.807, 2.05) is 0 Å². The SMILES string of the molecule is O=C(NC1(CO)CCOCC1)c1ccc([N+](=O)[O-])s1. The first-order valence-electron chi connectivity index (χ1n) is 5.82. The van der Waals surface area contributed by atoms with Gasteiger partial charge >= 0.3 is 5.00 Å². The number of hydrogen-bond donors (Lipinski definition) is 2. The van der Waals surface area contributed by atoms with Crippen molar-refractivity contribution >= 4 is 22.2 Å². The fraction of sp³-hybridized carbons (Fsp3) is 0.545. The van der Waals surface area contributed by atoms with Crippen LogP contribution in [0.5, 0.6) is 0 Å². The summed E-state index contributed by atoms with van der Waals surface area (Å²) in [6, 6.07) is 2.72. The van der Waals surface area contributed by atoms with E-state index >= 15 is 0 Å². The number of ether oxygens (including phenoxy) is 1. The minimum absolute atomic E-state index is 0.0739. The van der Waals surface area contributed by atoms with Gasteiger partial charge < -0.3 is 15.2 Å². The predicted octanol–water partition coefficient (Wildman–Crippen LogP) is 0.928. The lowest BCUT2D eigenvalue weighted by Gasteiger charge is -2.36. The Morgan fingerprint density at radius 2 is 2.21 bits per heavy atom. The van der Waals surface area contributed by atoms with Gasteiger partial charge in [-0.05, 0) is 18.9 Å². The minimum Gasteiger partial charge on any atom is -0.394 e. The van der Waals surface area contributed by atoms with E-state index in [4.69, 9.17) is 4.74 Å². The standard InChI is InChI=1S/C11H14N2O5S/c14-7-11(3-5-18-6-4-11)12-10(15)8-1-2-9(19-8)13(16)17/h1-2,14H,3-7H2,(H,12,15). The van der Waals surface area contributed by atoms with Crippen molar-refractivity contribution in [3.05, 3.63) is 27.1 Å². The molecule has 1 amide bonds. The average Bonchev–Trinajstić information content (AvgIpc) is 2.89. The number of nitrogens with zero attached hydrogens (tertiary/aromatic N) is 1. The van der Waals surface area contributed by atoms with E-state index in [2.05, 4.69) is 5.32 Å². The molecule has 0 saturated carbocycles. The van der Waals surface area contributed by atoms with E-state index in [0.717, 1.165) is 11.3 Å². The maximum atomic E-state index is 12.0. The molecule has 1 saturated heterocycles. The van der Waals surface area contributed by atoms with E-state index in [1.54, 1.807) is 0 Å². The van der Waals surface area contributed by atoms with Crippen LogP contribution in [0.1, 0.15) is 22.5 Å². The Morgan fingerprint density at radius 1 is 1.53 bits per heavy atom. The van der Waals surface area contributed by atoms with Crippen molar-refractivity contribution in [2.24, 2.45) is 0 Å². The van der Waals surface area contributed by atoms with Crippen molar-refractivity contribution in [2.75, 3.05) is 19.8 Å². The average molecular weight is 286 g/mol. The molecule has 2 heterocycles. The quantitative estimate of drug-likeness (QED) is 0.633. The zero-order valence-corrected chi connectivity index (χ0v) is 10.9. The van der Waals surface area contributed by atoms with Gasteiger partial charge in [0.2, 0.25) is 0 Å². The van der Waals surface area contributed by atoms with Gasteiger partial charge in [0.1, 0.15) is 0 Å². The third-order valence-electron chi connectivity index (χ3n) is 3.13. The molecule has 1 aliphatic rings. The van der Waals surface area contributed by atoms with Crippen LogP contribution in [-0.2, 0) is 4.74 Å². The molecule has 0 aliphatic carbocycles. The number of nitrogens with one attached hydrogen (secondary N) is 1. The molecule has 2 rings (SSSR count). The van der Waals surface area contributed by atoms with Gasteiger partial charge in [0.15, 0.2) is 0 Å². The maximum absolute atomic E-state index is 12.0. The first-order valence-corrected chi connectivity index (χ1v) is 6.63. The molecule has 0 atom stereocenters. The summed E-state index contributed by atoms with van der Waals surface area (Å²) in [6.45, 7) is 0.784. The Labute approximate surface area is 113 Å². The van der Waals surface area contributed by atoms with Crippen molar-refractivity contribution < 1.29 is 19.6 Å². The van der Waals surface area contributed by atoms with Crippen molar-refractivity contribution in [3.63, 3.8) is 0 Å². The highest BCUT2D eigenvalue weighted by molar-refractivity contribution is 7.17. The Bertz CT molecular complexity index is 481. The number of carbonyl (C=O) groups is 1. The topological polar surface area (TPSA) is 102 Å². The van der Waals surface area contributed by atoms with Crippen molar-refractivity contribution in [2.45, 2.75) is 18.4 Å². The van der Waals surface area contributed by atoms with Crippen LogP contribution in [0.2, 0.25) is 0 Å². The molecule has 0 aromatic carbocycles. The van der Waals surface area contributed by atoms with E-state index < -0.39 is 16.4 Å². The monoisotopic (exact) mass is 286 g/mol.